The second-order valence-corrected chi connectivity index (χ2v) is 3.17. The maximum atomic E-state index is 11.1. The largest absolute Gasteiger partial charge is 0.327 e. The maximum absolute atomic E-state index is 11.1. The van der Waals surface area contributed by atoms with Crippen molar-refractivity contribution >= 4 is 34.4 Å². The fraction of sp³-hybridized carbons (Fsp3) is 0.167. The number of fused-ring (bicyclic) bond motifs is 1. The number of halogens is 2. The number of nitrogens with one attached hydrogen (secondary N) is 1. The number of nitrogens with zero attached hydrogens (tertiary/aromatic N) is 3. The van der Waals surface area contributed by atoms with Crippen LogP contribution in [0.2, 0.25) is 10.4 Å². The van der Waals surface area contributed by atoms with Crippen LogP contribution in [0.4, 0.5) is 0 Å². The highest BCUT2D eigenvalue weighted by molar-refractivity contribution is 6.35. The van der Waals surface area contributed by atoms with E-state index in [0.717, 1.165) is 0 Å². The van der Waals surface area contributed by atoms with Gasteiger partial charge in [0.1, 0.15) is 5.52 Å². The van der Waals surface area contributed by atoms with E-state index in [9.17, 15) is 4.79 Å². The van der Waals surface area contributed by atoms with Crippen LogP contribution in [0.5, 0.6) is 0 Å². The molecule has 0 spiro atoms. The van der Waals surface area contributed by atoms with Crippen molar-refractivity contribution in [3.63, 3.8) is 0 Å². The number of hydrogen-bond acceptors (Lipinski definition) is 3. The molecule has 68 valence electrons. The van der Waals surface area contributed by atoms with Gasteiger partial charge < -0.3 is 0 Å². The van der Waals surface area contributed by atoms with Gasteiger partial charge in [-0.3, -0.25) is 9.55 Å². The van der Waals surface area contributed by atoms with Gasteiger partial charge in [-0.05, 0) is 11.6 Å². The first-order valence-electron chi connectivity index (χ1n) is 3.37. The quantitative estimate of drug-likeness (QED) is 0.530. The summed E-state index contributed by atoms with van der Waals surface area (Å²) in [6, 6.07) is 0. The molecule has 0 aliphatic rings. The van der Waals surface area contributed by atoms with Gasteiger partial charge in [-0.1, -0.05) is 11.6 Å². The summed E-state index contributed by atoms with van der Waals surface area (Å²) >= 11 is 11.3. The molecular formula is C6H4Cl2N4O. The minimum atomic E-state index is -0.298. The molecule has 0 unspecified atom stereocenters. The highest BCUT2D eigenvalue weighted by atomic mass is 35.5. The van der Waals surface area contributed by atoms with E-state index in [4.69, 9.17) is 23.2 Å². The van der Waals surface area contributed by atoms with E-state index in [-0.39, 0.29) is 16.1 Å². The van der Waals surface area contributed by atoms with Crippen molar-refractivity contribution in [3.8, 4) is 0 Å². The van der Waals surface area contributed by atoms with Crippen LogP contribution in [-0.4, -0.2) is 19.5 Å². The summed E-state index contributed by atoms with van der Waals surface area (Å²) in [7, 11) is 1.57. The fourth-order valence-corrected chi connectivity index (χ4v) is 1.58. The topological polar surface area (TPSA) is 63.6 Å². The lowest BCUT2D eigenvalue weighted by Gasteiger charge is -1.95. The molecule has 1 N–H and O–H groups in total. The Kier molecular flexibility index (Phi) is 1.78. The number of H-pyrrole nitrogens is 1. The first-order valence-corrected chi connectivity index (χ1v) is 4.13. The Balaban J connectivity index is 3.03. The molecule has 0 aliphatic carbocycles. The summed E-state index contributed by atoms with van der Waals surface area (Å²) in [5.41, 5.74) is 0.502. The van der Waals surface area contributed by atoms with Gasteiger partial charge in [-0.25, -0.2) is 9.78 Å². The van der Waals surface area contributed by atoms with E-state index < -0.39 is 0 Å². The molecule has 7 heteroatoms. The van der Waals surface area contributed by atoms with E-state index in [1.807, 2.05) is 0 Å². The zero-order valence-electron chi connectivity index (χ0n) is 6.51. The Bertz CT molecular complexity index is 529. The van der Waals surface area contributed by atoms with Gasteiger partial charge in [-0.2, -0.15) is 4.98 Å². The normalized spacial score (nSPS) is 11.0. The van der Waals surface area contributed by atoms with Crippen LogP contribution >= 0.6 is 23.2 Å². The van der Waals surface area contributed by atoms with Crippen LogP contribution in [0, 0.1) is 0 Å². The number of aryl methyl sites for hydroxylation is 1. The van der Waals surface area contributed by atoms with Crippen molar-refractivity contribution in [1.29, 1.82) is 0 Å². The van der Waals surface area contributed by atoms with Crippen LogP contribution in [0.25, 0.3) is 11.2 Å². The first kappa shape index (κ1) is 8.52. The minimum absolute atomic E-state index is 0.0133. The average molecular weight is 219 g/mol. The summed E-state index contributed by atoms with van der Waals surface area (Å²) in [6.45, 7) is 0. The molecule has 0 aromatic carbocycles. The van der Waals surface area contributed by atoms with Crippen LogP contribution in [0.15, 0.2) is 4.79 Å². The maximum Gasteiger partial charge on any atom is 0.327 e. The lowest BCUT2D eigenvalue weighted by molar-refractivity contribution is 0.890. The van der Waals surface area contributed by atoms with Crippen LogP contribution in [0.1, 0.15) is 0 Å². The third kappa shape index (κ3) is 1.20. The van der Waals surface area contributed by atoms with Gasteiger partial charge in [0.05, 0.1) is 0 Å². The predicted molar refractivity (Wildman–Crippen MR) is 49.1 cm³/mol. The third-order valence-corrected chi connectivity index (χ3v) is 2.11. The molecular weight excluding hydrogens is 215 g/mol. The van der Waals surface area contributed by atoms with Crippen molar-refractivity contribution in [2.75, 3.05) is 0 Å². The summed E-state index contributed by atoms with van der Waals surface area (Å²) in [4.78, 5) is 21.2. The van der Waals surface area contributed by atoms with Crippen molar-refractivity contribution in [2.45, 2.75) is 0 Å². The summed E-state index contributed by atoms with van der Waals surface area (Å²) in [6.07, 6.45) is 0. The molecule has 0 saturated heterocycles. The van der Waals surface area contributed by atoms with Gasteiger partial charge in [-0.15, -0.1) is 0 Å². The zero-order valence-corrected chi connectivity index (χ0v) is 8.02. The predicted octanol–water partition coefficient (Wildman–Crippen LogP) is 0.963. The molecule has 0 atom stereocenters. The Morgan fingerprint density at radius 1 is 1.38 bits per heavy atom. The Labute approximate surface area is 82.3 Å². The summed E-state index contributed by atoms with van der Waals surface area (Å²) in [5.74, 6) is 0. The molecule has 0 amide bonds. The van der Waals surface area contributed by atoms with Crippen molar-refractivity contribution in [2.24, 2.45) is 7.05 Å². The van der Waals surface area contributed by atoms with Crippen LogP contribution < -0.4 is 5.69 Å². The molecule has 2 aromatic rings. The van der Waals surface area contributed by atoms with Crippen molar-refractivity contribution in [1.82, 2.24) is 19.5 Å². The van der Waals surface area contributed by atoms with E-state index in [0.29, 0.717) is 11.2 Å². The first-order chi connectivity index (χ1) is 6.09. The molecule has 0 saturated carbocycles. The smallest absolute Gasteiger partial charge is 0.291 e. The van der Waals surface area contributed by atoms with Gasteiger partial charge in [0, 0.05) is 7.05 Å². The SMILES string of the molecule is Cn1c(=O)[nH]c2nc(Cl)nc(Cl)c21. The number of aromatic amines is 1. The van der Waals surface area contributed by atoms with Crippen molar-refractivity contribution in [3.05, 3.63) is 20.9 Å². The molecule has 13 heavy (non-hydrogen) atoms. The molecule has 0 radical (unpaired) electrons. The standard InChI is InChI=1S/C6H4Cl2N4O/c1-12-2-3(7)9-5(8)10-4(2)11-6(12)13/h1H3,(H,9,10,11,13). The lowest BCUT2D eigenvalue weighted by Crippen LogP contribution is -2.11. The Hall–Kier alpha value is -1.07. The van der Waals surface area contributed by atoms with Gasteiger partial charge >= 0.3 is 5.69 Å². The van der Waals surface area contributed by atoms with Crippen LogP contribution in [0.3, 0.4) is 0 Å². The zero-order chi connectivity index (χ0) is 9.59. The Morgan fingerprint density at radius 3 is 2.77 bits per heavy atom. The van der Waals surface area contributed by atoms with E-state index in [2.05, 4.69) is 15.0 Å². The molecule has 2 rings (SSSR count). The molecule has 0 fully saturated rings. The number of rotatable bonds is 0. The third-order valence-electron chi connectivity index (χ3n) is 1.68. The monoisotopic (exact) mass is 218 g/mol. The van der Waals surface area contributed by atoms with E-state index in [1.54, 1.807) is 7.05 Å². The summed E-state index contributed by atoms with van der Waals surface area (Å²) in [5, 5.41) is 0.176. The fourth-order valence-electron chi connectivity index (χ4n) is 1.07. The second-order valence-electron chi connectivity index (χ2n) is 2.47. The molecule has 2 aromatic heterocycles. The molecule has 0 aliphatic heterocycles. The number of aromatic nitrogens is 4. The molecule has 0 bridgehead atoms. The average Bonchev–Trinajstić information content (AvgIpc) is 2.27. The Morgan fingerprint density at radius 2 is 2.08 bits per heavy atom. The van der Waals surface area contributed by atoms with E-state index >= 15 is 0 Å². The summed E-state index contributed by atoms with van der Waals surface area (Å²) < 4.78 is 1.33. The van der Waals surface area contributed by atoms with Crippen LogP contribution in [-0.2, 0) is 7.05 Å². The second kappa shape index (κ2) is 2.71. The highest BCUT2D eigenvalue weighted by Gasteiger charge is 2.10. The highest BCUT2D eigenvalue weighted by Crippen LogP contribution is 2.18. The number of hydrogen-bond donors (Lipinski definition) is 1. The molecule has 2 heterocycles. The van der Waals surface area contributed by atoms with Gasteiger partial charge in [0.2, 0.25) is 5.28 Å². The van der Waals surface area contributed by atoms with Gasteiger partial charge in [0.15, 0.2) is 10.8 Å². The van der Waals surface area contributed by atoms with Gasteiger partial charge in [0.25, 0.3) is 0 Å². The number of imidazole rings is 1. The lowest BCUT2D eigenvalue weighted by atomic mass is 10.5. The van der Waals surface area contributed by atoms with E-state index in [1.165, 1.54) is 4.57 Å². The molecule has 5 nitrogen and oxygen atoms in total. The van der Waals surface area contributed by atoms with Crippen molar-refractivity contribution < 1.29 is 0 Å². The minimum Gasteiger partial charge on any atom is -0.291 e.